The number of hydrazine groups is 1. The fourth-order valence-electron chi connectivity index (χ4n) is 2.21. The fraction of sp³-hybridized carbons (Fsp3) is 0.278. The minimum absolute atomic E-state index is 0.0251. The van der Waals surface area contributed by atoms with E-state index in [0.29, 0.717) is 35.9 Å². The van der Waals surface area contributed by atoms with Gasteiger partial charge >= 0.3 is 6.18 Å². The number of aliphatic imine (C=N–C) groups is 1. The van der Waals surface area contributed by atoms with Crippen LogP contribution in [0.15, 0.2) is 53.5 Å². The van der Waals surface area contributed by atoms with Crippen LogP contribution in [0.1, 0.15) is 5.56 Å². The molecule has 4 N–H and O–H groups in total. The van der Waals surface area contributed by atoms with Gasteiger partial charge in [-0.25, -0.2) is 5.84 Å². The number of hydrogen-bond acceptors (Lipinski definition) is 5. The van der Waals surface area contributed by atoms with Gasteiger partial charge in [0.05, 0.1) is 12.8 Å². The molecule has 0 bridgehead atoms. The van der Waals surface area contributed by atoms with Gasteiger partial charge in [-0.2, -0.15) is 13.2 Å². The number of nitrogens with zero attached hydrogens (tertiary/aromatic N) is 2. The highest BCUT2D eigenvalue weighted by atomic mass is 19.4. The maximum atomic E-state index is 12.7. The van der Waals surface area contributed by atoms with Crippen molar-refractivity contribution in [3.8, 4) is 11.5 Å². The van der Waals surface area contributed by atoms with Gasteiger partial charge < -0.3 is 15.2 Å². The van der Waals surface area contributed by atoms with E-state index >= 15 is 0 Å². The largest absolute Gasteiger partial charge is 0.497 e. The number of methoxy groups -OCH3 is 1. The highest BCUT2D eigenvalue weighted by Crippen LogP contribution is 2.22. The minimum atomic E-state index is -4.45. The molecule has 27 heavy (non-hydrogen) atoms. The Labute approximate surface area is 155 Å². The van der Waals surface area contributed by atoms with Gasteiger partial charge in [0.25, 0.3) is 0 Å². The molecule has 2 aromatic rings. The van der Waals surface area contributed by atoms with Gasteiger partial charge in [-0.15, -0.1) is 0 Å². The van der Waals surface area contributed by atoms with Crippen molar-refractivity contribution in [2.24, 2.45) is 16.6 Å². The summed E-state index contributed by atoms with van der Waals surface area (Å²) in [5.41, 5.74) is 6.25. The van der Waals surface area contributed by atoms with Crippen molar-refractivity contribution < 1.29 is 22.6 Å². The average Bonchev–Trinajstić information content (AvgIpc) is 2.66. The van der Waals surface area contributed by atoms with E-state index in [-0.39, 0.29) is 5.84 Å². The van der Waals surface area contributed by atoms with Gasteiger partial charge in [-0.1, -0.05) is 0 Å². The predicted molar refractivity (Wildman–Crippen MR) is 98.1 cm³/mol. The number of alkyl halides is 3. The van der Waals surface area contributed by atoms with Gasteiger partial charge in [-0.05, 0) is 48.5 Å². The number of rotatable bonds is 7. The van der Waals surface area contributed by atoms with Gasteiger partial charge in [0.15, 0.2) is 0 Å². The summed E-state index contributed by atoms with van der Waals surface area (Å²) in [5, 5.41) is 1.10. The lowest BCUT2D eigenvalue weighted by Crippen LogP contribution is -2.39. The zero-order valence-electron chi connectivity index (χ0n) is 14.7. The predicted octanol–water partition coefficient (Wildman–Crippen LogP) is 2.72. The molecule has 0 saturated heterocycles. The first-order chi connectivity index (χ1) is 12.8. The number of hydrogen-bond donors (Lipinski definition) is 2. The molecule has 0 amide bonds. The van der Waals surface area contributed by atoms with Gasteiger partial charge in [0, 0.05) is 12.1 Å². The van der Waals surface area contributed by atoms with Crippen LogP contribution in [0, 0.1) is 0 Å². The molecular weight excluding hydrogens is 361 g/mol. The number of ether oxygens (including phenoxy) is 2. The molecule has 0 saturated carbocycles. The summed E-state index contributed by atoms with van der Waals surface area (Å²) < 4.78 is 48.5. The summed E-state index contributed by atoms with van der Waals surface area (Å²) in [5.74, 6) is 7.18. The van der Waals surface area contributed by atoms with E-state index in [0.717, 1.165) is 5.01 Å². The third kappa shape index (κ3) is 6.15. The number of halogens is 3. The Hall–Kier alpha value is -2.78. The van der Waals surface area contributed by atoms with E-state index in [4.69, 9.17) is 21.1 Å². The summed E-state index contributed by atoms with van der Waals surface area (Å²) in [6.45, 7) is -0.658. The number of benzene rings is 2. The van der Waals surface area contributed by atoms with Crippen LogP contribution in [-0.4, -0.2) is 38.8 Å². The first-order valence-corrected chi connectivity index (χ1v) is 8.07. The van der Waals surface area contributed by atoms with Gasteiger partial charge in [0.2, 0.25) is 0 Å². The summed E-state index contributed by atoms with van der Waals surface area (Å²) in [6, 6.07) is 13.0. The van der Waals surface area contributed by atoms with Gasteiger partial charge in [-0.3, -0.25) is 10.0 Å². The molecule has 0 atom stereocenters. The van der Waals surface area contributed by atoms with Crippen LogP contribution in [0.5, 0.6) is 11.5 Å². The van der Waals surface area contributed by atoms with Crippen molar-refractivity contribution in [3.05, 3.63) is 54.1 Å². The molecular formula is C18H21F3N4O2. The average molecular weight is 382 g/mol. The molecule has 0 heterocycles. The zero-order chi connectivity index (χ0) is 19.9. The van der Waals surface area contributed by atoms with Crippen LogP contribution in [0.3, 0.4) is 0 Å². The SMILES string of the molecule is COc1ccc(N(N)C(=NCC(F)(F)F)c2ccc(OCCN)cc2)cc1. The van der Waals surface area contributed by atoms with Crippen LogP contribution in [0.4, 0.5) is 18.9 Å². The molecule has 0 spiro atoms. The van der Waals surface area contributed by atoms with Crippen molar-refractivity contribution in [1.29, 1.82) is 0 Å². The first kappa shape index (κ1) is 20.5. The monoisotopic (exact) mass is 382 g/mol. The molecule has 0 unspecified atom stereocenters. The van der Waals surface area contributed by atoms with Crippen molar-refractivity contribution in [2.75, 3.05) is 31.8 Å². The molecule has 0 aliphatic rings. The smallest absolute Gasteiger partial charge is 0.408 e. The van der Waals surface area contributed by atoms with Crippen LogP contribution >= 0.6 is 0 Å². The second-order valence-corrected chi connectivity index (χ2v) is 5.48. The van der Waals surface area contributed by atoms with Crippen molar-refractivity contribution >= 4 is 11.5 Å². The molecule has 0 fully saturated rings. The molecule has 146 valence electrons. The molecule has 2 aromatic carbocycles. The maximum absolute atomic E-state index is 12.7. The molecule has 2 rings (SSSR count). The second kappa shape index (κ2) is 9.24. The summed E-state index contributed by atoms with van der Waals surface area (Å²) in [4.78, 5) is 3.68. The molecule has 0 radical (unpaired) electrons. The molecule has 0 aliphatic heterocycles. The lowest BCUT2D eigenvalue weighted by molar-refractivity contribution is -0.118. The van der Waals surface area contributed by atoms with Crippen molar-refractivity contribution in [2.45, 2.75) is 6.18 Å². The summed E-state index contributed by atoms with van der Waals surface area (Å²) in [6.07, 6.45) is -4.45. The fourth-order valence-corrected chi connectivity index (χ4v) is 2.21. The van der Waals surface area contributed by atoms with E-state index in [1.807, 2.05) is 0 Å². The minimum Gasteiger partial charge on any atom is -0.497 e. The molecule has 9 heteroatoms. The Morgan fingerprint density at radius 2 is 1.63 bits per heavy atom. The maximum Gasteiger partial charge on any atom is 0.408 e. The first-order valence-electron chi connectivity index (χ1n) is 8.07. The third-order valence-electron chi connectivity index (χ3n) is 3.49. The summed E-state index contributed by atoms with van der Waals surface area (Å²) >= 11 is 0. The molecule has 6 nitrogen and oxygen atoms in total. The van der Waals surface area contributed by atoms with Crippen LogP contribution in [-0.2, 0) is 0 Å². The number of nitrogens with two attached hydrogens (primary N) is 2. The van der Waals surface area contributed by atoms with Crippen LogP contribution < -0.4 is 26.1 Å². The normalized spacial score (nSPS) is 12.0. The quantitative estimate of drug-likeness (QED) is 0.333. The van der Waals surface area contributed by atoms with Gasteiger partial charge in [0.1, 0.15) is 30.5 Å². The zero-order valence-corrected chi connectivity index (χ0v) is 14.7. The van der Waals surface area contributed by atoms with E-state index in [1.165, 1.54) is 7.11 Å². The highest BCUT2D eigenvalue weighted by molar-refractivity contribution is 6.09. The van der Waals surface area contributed by atoms with Crippen molar-refractivity contribution in [1.82, 2.24) is 0 Å². The third-order valence-corrected chi connectivity index (χ3v) is 3.49. The second-order valence-electron chi connectivity index (χ2n) is 5.48. The van der Waals surface area contributed by atoms with Crippen LogP contribution in [0.25, 0.3) is 0 Å². The standard InChI is InChI=1S/C18H21F3N4O2/c1-26-15-8-4-14(5-9-15)25(23)17(24-12-18(19,20)21)13-2-6-16(7-3-13)27-11-10-22/h2-9H,10-12,22-23H2,1H3. The van der Waals surface area contributed by atoms with Crippen LogP contribution in [0.2, 0.25) is 0 Å². The molecule has 0 aliphatic carbocycles. The Kier molecular flexibility index (Phi) is 7.03. The Bertz CT molecular complexity index is 747. The lowest BCUT2D eigenvalue weighted by atomic mass is 10.1. The Balaban J connectivity index is 2.32. The lowest BCUT2D eigenvalue weighted by Gasteiger charge is -2.22. The summed E-state index contributed by atoms with van der Waals surface area (Å²) in [7, 11) is 1.51. The van der Waals surface area contributed by atoms with E-state index in [2.05, 4.69) is 4.99 Å². The molecule has 0 aromatic heterocycles. The number of amidine groups is 1. The van der Waals surface area contributed by atoms with E-state index < -0.39 is 12.7 Å². The number of anilines is 1. The van der Waals surface area contributed by atoms with E-state index in [9.17, 15) is 13.2 Å². The van der Waals surface area contributed by atoms with Crippen molar-refractivity contribution in [3.63, 3.8) is 0 Å². The topological polar surface area (TPSA) is 86.1 Å². The Morgan fingerprint density at radius 3 is 2.15 bits per heavy atom. The Morgan fingerprint density at radius 1 is 1.04 bits per heavy atom. The highest BCUT2D eigenvalue weighted by Gasteiger charge is 2.27. The van der Waals surface area contributed by atoms with E-state index in [1.54, 1.807) is 48.5 Å².